The first-order valence-corrected chi connectivity index (χ1v) is 9.79. The molecule has 0 saturated carbocycles. The largest absolute Gasteiger partial charge is 1.00 e. The topological polar surface area (TPSA) is 144 Å². The van der Waals surface area contributed by atoms with Gasteiger partial charge in [-0.1, -0.05) is 19.1 Å². The third-order valence-corrected chi connectivity index (χ3v) is 4.94. The molecule has 12 heteroatoms. The molecule has 0 unspecified atom stereocenters. The number of hydrogen-bond donors (Lipinski definition) is 1. The number of benzene rings is 2. The van der Waals surface area contributed by atoms with Crippen molar-refractivity contribution in [1.82, 2.24) is 0 Å². The van der Waals surface area contributed by atoms with E-state index in [-0.39, 0.29) is 49.0 Å². The normalized spacial score (nSPS) is 11.1. The van der Waals surface area contributed by atoms with Crippen molar-refractivity contribution in [2.45, 2.75) is 23.1 Å². The molecule has 0 aliphatic heterocycles. The van der Waals surface area contributed by atoms with Gasteiger partial charge < -0.3 is 14.4 Å². The van der Waals surface area contributed by atoms with Crippen LogP contribution in [0, 0.1) is 0 Å². The van der Waals surface area contributed by atoms with Gasteiger partial charge in [-0.25, -0.2) is 16.8 Å². The van der Waals surface area contributed by atoms with E-state index in [1.165, 1.54) is 6.07 Å². The van der Waals surface area contributed by atoms with Crippen molar-refractivity contribution in [3.8, 4) is 0 Å². The molecular formula is C15H13Li2NO7S2. The fourth-order valence-corrected chi connectivity index (χ4v) is 3.23. The van der Waals surface area contributed by atoms with Crippen LogP contribution in [0.3, 0.4) is 0 Å². The fraction of sp³-hybridized carbons (Fsp3) is 0.133. The molecule has 0 fully saturated rings. The number of carbonyl (C=O) groups is 1. The number of nitrogens with one attached hydrogen (secondary N) is 1. The summed E-state index contributed by atoms with van der Waals surface area (Å²) in [7, 11) is -10.0. The van der Waals surface area contributed by atoms with Gasteiger partial charge in [-0.15, -0.1) is 0 Å². The molecule has 0 spiro atoms. The Bertz CT molecular complexity index is 988. The van der Waals surface area contributed by atoms with Crippen LogP contribution in [0.4, 0.5) is 5.69 Å². The summed E-state index contributed by atoms with van der Waals surface area (Å²) in [5.74, 6) is -0.648. The van der Waals surface area contributed by atoms with Crippen LogP contribution < -0.4 is 43.0 Å². The first-order chi connectivity index (χ1) is 11.5. The molecule has 0 radical (unpaired) electrons. The van der Waals surface area contributed by atoms with Gasteiger partial charge in [0.05, 0.1) is 9.79 Å². The zero-order valence-electron chi connectivity index (χ0n) is 14.9. The molecule has 1 amide bonds. The van der Waals surface area contributed by atoms with Crippen LogP contribution in [0.25, 0.3) is 0 Å². The van der Waals surface area contributed by atoms with E-state index in [0.717, 1.165) is 17.7 Å². The van der Waals surface area contributed by atoms with E-state index in [1.807, 2.05) is 13.0 Å². The Morgan fingerprint density at radius 3 is 1.89 bits per heavy atom. The summed E-state index contributed by atoms with van der Waals surface area (Å²) in [4.78, 5) is 10.4. The van der Waals surface area contributed by atoms with Crippen molar-refractivity contribution in [3.63, 3.8) is 0 Å². The van der Waals surface area contributed by atoms with Gasteiger partial charge in [0.1, 0.15) is 20.2 Å². The van der Waals surface area contributed by atoms with Crippen molar-refractivity contribution < 1.29 is 68.5 Å². The molecule has 2 rings (SSSR count). The van der Waals surface area contributed by atoms with Gasteiger partial charge in [0.2, 0.25) is 0 Å². The van der Waals surface area contributed by atoms with Gasteiger partial charge in [0.15, 0.2) is 0 Å². The molecule has 1 N–H and O–H groups in total. The first-order valence-electron chi connectivity index (χ1n) is 6.98. The van der Waals surface area contributed by atoms with Gasteiger partial charge in [0.25, 0.3) is 5.91 Å². The van der Waals surface area contributed by atoms with Crippen LogP contribution >= 0.6 is 0 Å². The quantitative estimate of drug-likeness (QED) is 0.394. The Balaban J connectivity index is 0.00000338. The van der Waals surface area contributed by atoms with E-state index >= 15 is 0 Å². The van der Waals surface area contributed by atoms with Gasteiger partial charge in [-0.3, -0.25) is 4.79 Å². The Morgan fingerprint density at radius 2 is 1.44 bits per heavy atom. The molecule has 27 heavy (non-hydrogen) atoms. The molecular weight excluding hydrogens is 384 g/mol. The molecule has 2 aromatic carbocycles. The molecule has 0 aromatic heterocycles. The summed E-state index contributed by atoms with van der Waals surface area (Å²) in [5, 5.41) is 2.29. The van der Waals surface area contributed by atoms with Crippen LogP contribution in [-0.4, -0.2) is 31.8 Å². The van der Waals surface area contributed by atoms with E-state index in [2.05, 4.69) is 5.32 Å². The number of hydrogen-bond acceptors (Lipinski definition) is 7. The van der Waals surface area contributed by atoms with Crippen molar-refractivity contribution in [2.75, 3.05) is 5.32 Å². The standard InChI is InChI=1S/C15H15NO7S2.2Li/c1-2-10-4-3-5-11(6-10)15(17)16-12-7-13(24(18,19)20)9-14(8-12)25(21,22)23;;/h3-9H,2H2,1H3,(H,16,17)(H,18,19,20)(H,21,22,23);;/q;2*+1/p-2. The van der Waals surface area contributed by atoms with Crippen LogP contribution in [0.2, 0.25) is 0 Å². The third-order valence-electron chi connectivity index (χ3n) is 3.31. The molecule has 2 aromatic rings. The van der Waals surface area contributed by atoms with Gasteiger partial charge in [-0.2, -0.15) is 0 Å². The average Bonchev–Trinajstić information content (AvgIpc) is 2.53. The van der Waals surface area contributed by atoms with E-state index in [9.17, 15) is 30.7 Å². The smallest absolute Gasteiger partial charge is 0.744 e. The second-order valence-electron chi connectivity index (χ2n) is 5.11. The summed E-state index contributed by atoms with van der Waals surface area (Å²) in [6.45, 7) is 1.89. The van der Waals surface area contributed by atoms with Crippen molar-refractivity contribution >= 4 is 31.8 Å². The summed E-state index contributed by atoms with van der Waals surface area (Å²) in [6.07, 6.45) is 0.684. The van der Waals surface area contributed by atoms with Crippen LogP contribution in [0.15, 0.2) is 52.3 Å². The van der Waals surface area contributed by atoms with Crippen molar-refractivity contribution in [3.05, 3.63) is 53.6 Å². The Morgan fingerprint density at radius 1 is 0.926 bits per heavy atom. The van der Waals surface area contributed by atoms with Crippen molar-refractivity contribution in [1.29, 1.82) is 0 Å². The molecule has 8 nitrogen and oxygen atoms in total. The molecule has 0 heterocycles. The molecule has 0 atom stereocenters. The Labute approximate surface area is 181 Å². The molecule has 134 valence electrons. The van der Waals surface area contributed by atoms with Crippen LogP contribution in [0.5, 0.6) is 0 Å². The Hall–Kier alpha value is -1.08. The maximum absolute atomic E-state index is 12.2. The van der Waals surface area contributed by atoms with Gasteiger partial charge >= 0.3 is 37.7 Å². The second kappa shape index (κ2) is 9.92. The van der Waals surface area contributed by atoms with E-state index < -0.39 is 35.9 Å². The van der Waals surface area contributed by atoms with Crippen LogP contribution in [-0.2, 0) is 26.7 Å². The number of amides is 1. The zero-order chi connectivity index (χ0) is 18.8. The monoisotopic (exact) mass is 397 g/mol. The summed E-state index contributed by atoms with van der Waals surface area (Å²) in [6, 6.07) is 8.61. The van der Waals surface area contributed by atoms with Crippen LogP contribution in [0.1, 0.15) is 22.8 Å². The maximum atomic E-state index is 12.2. The first kappa shape index (κ1) is 25.9. The minimum atomic E-state index is -5.02. The summed E-state index contributed by atoms with van der Waals surface area (Å²) < 4.78 is 66.8. The SMILES string of the molecule is CCc1cccc(C(=O)Nc2cc(S(=O)(=O)[O-])cc(S(=O)(=O)[O-])c2)c1.[Li+].[Li+]. The zero-order valence-corrected chi connectivity index (χ0v) is 16.6. The van der Waals surface area contributed by atoms with Crippen molar-refractivity contribution in [2.24, 2.45) is 0 Å². The fourth-order valence-electron chi connectivity index (χ4n) is 2.07. The predicted molar refractivity (Wildman–Crippen MR) is 86.1 cm³/mol. The van der Waals surface area contributed by atoms with Gasteiger partial charge in [-0.05, 0) is 42.3 Å². The third kappa shape index (κ3) is 7.11. The molecule has 0 saturated heterocycles. The van der Waals surface area contributed by atoms with Gasteiger partial charge in [0, 0.05) is 11.3 Å². The predicted octanol–water partition coefficient (Wildman–Crippen LogP) is -4.68. The maximum Gasteiger partial charge on any atom is 1.00 e. The second-order valence-corrected chi connectivity index (χ2v) is 7.87. The minimum absolute atomic E-state index is 0. The molecule has 0 aliphatic carbocycles. The number of carbonyl (C=O) groups excluding carboxylic acids is 1. The Kier molecular flexibility index (Phi) is 9.52. The summed E-state index contributed by atoms with van der Waals surface area (Å²) in [5.41, 5.74) is 0.839. The summed E-state index contributed by atoms with van der Waals surface area (Å²) >= 11 is 0. The average molecular weight is 397 g/mol. The molecule has 0 aliphatic rings. The number of aryl methyl sites for hydroxylation is 1. The number of anilines is 1. The van der Waals surface area contributed by atoms with E-state index in [0.29, 0.717) is 12.5 Å². The van der Waals surface area contributed by atoms with E-state index in [4.69, 9.17) is 0 Å². The number of rotatable bonds is 5. The molecule has 0 bridgehead atoms. The van der Waals surface area contributed by atoms with E-state index in [1.54, 1.807) is 12.1 Å². The minimum Gasteiger partial charge on any atom is -0.744 e.